The van der Waals surface area contributed by atoms with Crippen LogP contribution in [0.4, 0.5) is 0 Å². The SMILES string of the molecule is COc1ccccc1C1CN(C(C)=O)CCN1Cc1cncs1. The van der Waals surface area contributed by atoms with Crippen molar-refractivity contribution in [1.29, 1.82) is 0 Å². The lowest BCUT2D eigenvalue weighted by Gasteiger charge is -2.41. The molecule has 0 saturated carbocycles. The van der Waals surface area contributed by atoms with Crippen LogP contribution in [0.3, 0.4) is 0 Å². The molecule has 0 aliphatic carbocycles. The van der Waals surface area contributed by atoms with Gasteiger partial charge in [0, 0.05) is 49.7 Å². The van der Waals surface area contributed by atoms with E-state index in [1.165, 1.54) is 4.88 Å². The summed E-state index contributed by atoms with van der Waals surface area (Å²) >= 11 is 1.67. The van der Waals surface area contributed by atoms with Crippen LogP contribution in [-0.4, -0.2) is 47.4 Å². The van der Waals surface area contributed by atoms with E-state index in [-0.39, 0.29) is 11.9 Å². The molecule has 0 spiro atoms. The molecule has 1 atom stereocenters. The number of nitrogens with zero attached hydrogens (tertiary/aromatic N) is 3. The maximum absolute atomic E-state index is 11.8. The van der Waals surface area contributed by atoms with E-state index in [1.54, 1.807) is 25.4 Å². The van der Waals surface area contributed by atoms with Crippen LogP contribution in [0.1, 0.15) is 23.4 Å². The first-order chi connectivity index (χ1) is 11.2. The van der Waals surface area contributed by atoms with Crippen molar-refractivity contribution >= 4 is 17.2 Å². The second kappa shape index (κ2) is 7.10. The van der Waals surface area contributed by atoms with Crippen LogP contribution < -0.4 is 4.74 Å². The molecule has 1 amide bonds. The number of thiazole rings is 1. The number of hydrogen-bond acceptors (Lipinski definition) is 5. The van der Waals surface area contributed by atoms with Gasteiger partial charge in [0.1, 0.15) is 5.75 Å². The minimum Gasteiger partial charge on any atom is -0.496 e. The second-order valence-corrected chi connectivity index (χ2v) is 6.63. The molecule has 2 aromatic rings. The molecule has 0 radical (unpaired) electrons. The van der Waals surface area contributed by atoms with Gasteiger partial charge in [-0.3, -0.25) is 14.7 Å². The molecule has 6 heteroatoms. The summed E-state index contributed by atoms with van der Waals surface area (Å²) in [6.45, 7) is 4.78. The third kappa shape index (κ3) is 3.54. The number of hydrogen-bond donors (Lipinski definition) is 0. The molecule has 122 valence electrons. The molecular weight excluding hydrogens is 310 g/mol. The first-order valence-electron chi connectivity index (χ1n) is 7.69. The standard InChI is InChI=1S/C17H21N3O2S/c1-13(21)19-7-8-20(10-14-9-18-12-23-14)16(11-19)15-5-3-4-6-17(15)22-2/h3-6,9,12,16H,7-8,10-11H2,1-2H3. The molecule has 1 saturated heterocycles. The molecule has 0 bridgehead atoms. The molecule has 1 aliphatic heterocycles. The molecule has 1 aromatic carbocycles. The van der Waals surface area contributed by atoms with Crippen molar-refractivity contribution in [3.63, 3.8) is 0 Å². The van der Waals surface area contributed by atoms with Crippen molar-refractivity contribution in [2.75, 3.05) is 26.7 Å². The number of ether oxygens (including phenoxy) is 1. The lowest BCUT2D eigenvalue weighted by Crippen LogP contribution is -2.49. The van der Waals surface area contributed by atoms with Crippen LogP contribution in [0.5, 0.6) is 5.75 Å². The van der Waals surface area contributed by atoms with E-state index in [1.807, 2.05) is 34.8 Å². The van der Waals surface area contributed by atoms with Crippen molar-refractivity contribution in [2.24, 2.45) is 0 Å². The third-order valence-electron chi connectivity index (χ3n) is 4.28. The summed E-state index contributed by atoms with van der Waals surface area (Å²) in [6.07, 6.45) is 1.92. The van der Waals surface area contributed by atoms with Crippen molar-refractivity contribution < 1.29 is 9.53 Å². The van der Waals surface area contributed by atoms with Crippen molar-refractivity contribution in [2.45, 2.75) is 19.5 Å². The van der Waals surface area contributed by atoms with E-state index in [9.17, 15) is 4.79 Å². The minimum absolute atomic E-state index is 0.127. The van der Waals surface area contributed by atoms with Gasteiger partial charge in [0.25, 0.3) is 0 Å². The first kappa shape index (κ1) is 16.0. The van der Waals surface area contributed by atoms with E-state index >= 15 is 0 Å². The number of aromatic nitrogens is 1. The van der Waals surface area contributed by atoms with E-state index in [2.05, 4.69) is 16.0 Å². The number of rotatable bonds is 4. The summed E-state index contributed by atoms with van der Waals surface area (Å²) in [7, 11) is 1.69. The highest BCUT2D eigenvalue weighted by molar-refractivity contribution is 7.09. The molecule has 2 heterocycles. The predicted octanol–water partition coefficient (Wildman–Crippen LogP) is 2.56. The number of carbonyl (C=O) groups excluding carboxylic acids is 1. The van der Waals surface area contributed by atoms with Crippen LogP contribution in [0.15, 0.2) is 36.0 Å². The van der Waals surface area contributed by atoms with Gasteiger partial charge in [0.15, 0.2) is 0 Å². The Morgan fingerprint density at radius 1 is 1.39 bits per heavy atom. The summed E-state index contributed by atoms with van der Waals surface area (Å²) in [5.74, 6) is 1.000. The Morgan fingerprint density at radius 2 is 2.22 bits per heavy atom. The highest BCUT2D eigenvalue weighted by atomic mass is 32.1. The fraction of sp³-hybridized carbons (Fsp3) is 0.412. The average Bonchev–Trinajstić information content (AvgIpc) is 3.08. The summed E-state index contributed by atoms with van der Waals surface area (Å²) in [4.78, 5) is 21.5. The predicted molar refractivity (Wildman–Crippen MR) is 90.5 cm³/mol. The number of methoxy groups -OCH3 is 1. The third-order valence-corrected chi connectivity index (χ3v) is 5.04. The largest absolute Gasteiger partial charge is 0.496 e. The van der Waals surface area contributed by atoms with Crippen LogP contribution >= 0.6 is 11.3 Å². The minimum atomic E-state index is 0.127. The normalized spacial score (nSPS) is 18.9. The molecule has 0 N–H and O–H groups in total. The molecule has 1 aliphatic rings. The number of para-hydroxylation sites is 1. The van der Waals surface area contributed by atoms with Gasteiger partial charge in [-0.1, -0.05) is 18.2 Å². The van der Waals surface area contributed by atoms with Crippen LogP contribution in [0.25, 0.3) is 0 Å². The fourth-order valence-electron chi connectivity index (χ4n) is 3.05. The topological polar surface area (TPSA) is 45.7 Å². The summed E-state index contributed by atoms with van der Waals surface area (Å²) in [5, 5.41) is 0. The van der Waals surface area contributed by atoms with Crippen molar-refractivity contribution in [3.05, 3.63) is 46.4 Å². The fourth-order valence-corrected chi connectivity index (χ4v) is 3.67. The monoisotopic (exact) mass is 331 g/mol. The smallest absolute Gasteiger partial charge is 0.219 e. The van der Waals surface area contributed by atoms with Crippen molar-refractivity contribution in [1.82, 2.24) is 14.8 Å². The number of carbonyl (C=O) groups is 1. The van der Waals surface area contributed by atoms with Gasteiger partial charge in [-0.25, -0.2) is 0 Å². The lowest BCUT2D eigenvalue weighted by molar-refractivity contribution is -0.132. The van der Waals surface area contributed by atoms with Gasteiger partial charge in [-0.2, -0.15) is 0 Å². The Balaban J connectivity index is 1.89. The van der Waals surface area contributed by atoms with E-state index < -0.39 is 0 Å². The molecule has 5 nitrogen and oxygen atoms in total. The number of amides is 1. The Morgan fingerprint density at radius 3 is 2.91 bits per heavy atom. The summed E-state index contributed by atoms with van der Waals surface area (Å²) < 4.78 is 5.54. The lowest BCUT2D eigenvalue weighted by atomic mass is 10.0. The maximum Gasteiger partial charge on any atom is 0.219 e. The molecule has 23 heavy (non-hydrogen) atoms. The van der Waals surface area contributed by atoms with Gasteiger partial charge in [0.05, 0.1) is 18.7 Å². The Bertz CT molecular complexity index is 660. The van der Waals surface area contributed by atoms with Crippen molar-refractivity contribution in [3.8, 4) is 5.75 Å². The molecule has 1 fully saturated rings. The molecule has 1 aromatic heterocycles. The summed E-state index contributed by atoms with van der Waals surface area (Å²) in [5.41, 5.74) is 2.99. The number of benzene rings is 1. The Hall–Kier alpha value is -1.92. The van der Waals surface area contributed by atoms with Gasteiger partial charge in [-0.15, -0.1) is 11.3 Å². The number of piperazine rings is 1. The quantitative estimate of drug-likeness (QED) is 0.864. The van der Waals surface area contributed by atoms with Gasteiger partial charge >= 0.3 is 0 Å². The van der Waals surface area contributed by atoms with E-state index in [0.717, 1.165) is 30.9 Å². The average molecular weight is 331 g/mol. The van der Waals surface area contributed by atoms with Gasteiger partial charge in [0.2, 0.25) is 5.91 Å². The van der Waals surface area contributed by atoms with Crippen LogP contribution in [0, 0.1) is 0 Å². The molecule has 1 unspecified atom stereocenters. The Kier molecular flexibility index (Phi) is 4.93. The highest BCUT2D eigenvalue weighted by Crippen LogP contribution is 2.33. The molecular formula is C17H21N3O2S. The van der Waals surface area contributed by atoms with E-state index in [4.69, 9.17) is 4.74 Å². The second-order valence-electron chi connectivity index (χ2n) is 5.66. The maximum atomic E-state index is 11.8. The van der Waals surface area contributed by atoms with E-state index in [0.29, 0.717) is 6.54 Å². The first-order valence-corrected chi connectivity index (χ1v) is 8.57. The summed E-state index contributed by atoms with van der Waals surface area (Å²) in [6, 6.07) is 8.20. The Labute approximate surface area is 140 Å². The highest BCUT2D eigenvalue weighted by Gasteiger charge is 2.31. The zero-order valence-electron chi connectivity index (χ0n) is 13.4. The molecule has 3 rings (SSSR count). The van der Waals surface area contributed by atoms with Gasteiger partial charge in [-0.05, 0) is 6.07 Å². The zero-order valence-corrected chi connectivity index (χ0v) is 14.3. The van der Waals surface area contributed by atoms with Crippen LogP contribution in [-0.2, 0) is 11.3 Å². The van der Waals surface area contributed by atoms with Crippen LogP contribution in [0.2, 0.25) is 0 Å². The zero-order chi connectivity index (χ0) is 16.2. The van der Waals surface area contributed by atoms with Gasteiger partial charge < -0.3 is 9.64 Å².